The summed E-state index contributed by atoms with van der Waals surface area (Å²) in [7, 11) is 0. The molecule has 0 radical (unpaired) electrons. The van der Waals surface area contributed by atoms with Gasteiger partial charge in [0.1, 0.15) is 5.82 Å². The van der Waals surface area contributed by atoms with Crippen molar-refractivity contribution < 1.29 is 9.18 Å². The summed E-state index contributed by atoms with van der Waals surface area (Å²) >= 11 is 5.77. The molecule has 1 amide bonds. The van der Waals surface area contributed by atoms with Crippen LogP contribution in [0.15, 0.2) is 67.0 Å². The number of carbonyl (C=O) groups is 1. The third-order valence-corrected chi connectivity index (χ3v) is 6.65. The van der Waals surface area contributed by atoms with Gasteiger partial charge in [-0.2, -0.15) is 5.26 Å². The summed E-state index contributed by atoms with van der Waals surface area (Å²) in [5.41, 5.74) is 4.95. The highest BCUT2D eigenvalue weighted by Crippen LogP contribution is 2.31. The molecule has 8 heteroatoms. The van der Waals surface area contributed by atoms with E-state index in [1.54, 1.807) is 41.2 Å². The molecular formula is C28H23ClFN5O. The number of hydrogen-bond acceptors (Lipinski definition) is 4. The molecule has 0 fully saturated rings. The van der Waals surface area contributed by atoms with Gasteiger partial charge in [0.05, 0.1) is 22.2 Å². The first kappa shape index (κ1) is 23.7. The lowest BCUT2D eigenvalue weighted by Gasteiger charge is -2.27. The first-order chi connectivity index (χ1) is 17.5. The number of carbonyl (C=O) groups excluding carboxylic acids is 1. The number of pyridine rings is 1. The number of hydrogen-bond donors (Lipinski definition) is 1. The lowest BCUT2D eigenvalue weighted by Crippen LogP contribution is -2.34. The van der Waals surface area contributed by atoms with E-state index >= 15 is 0 Å². The van der Waals surface area contributed by atoms with Gasteiger partial charge in [0.25, 0.3) is 0 Å². The van der Waals surface area contributed by atoms with Crippen molar-refractivity contribution in [1.82, 2.24) is 19.8 Å². The number of rotatable bonds is 5. The summed E-state index contributed by atoms with van der Waals surface area (Å²) < 4.78 is 15.4. The van der Waals surface area contributed by atoms with Crippen LogP contribution in [0, 0.1) is 17.1 Å². The van der Waals surface area contributed by atoms with E-state index in [-0.39, 0.29) is 11.1 Å². The highest BCUT2D eigenvalue weighted by atomic mass is 35.5. The minimum absolute atomic E-state index is 0.108. The number of halogens is 2. The Balaban J connectivity index is 1.39. The van der Waals surface area contributed by atoms with Crippen LogP contribution in [-0.4, -0.2) is 33.6 Å². The van der Waals surface area contributed by atoms with Crippen LogP contribution in [0.1, 0.15) is 27.9 Å². The molecule has 4 aromatic rings. The fraction of sp³-hybridized carbons (Fsp3) is 0.179. The van der Waals surface area contributed by atoms with E-state index in [9.17, 15) is 14.4 Å². The summed E-state index contributed by atoms with van der Waals surface area (Å²) in [6, 6.07) is 15.9. The summed E-state index contributed by atoms with van der Waals surface area (Å²) in [6.45, 7) is 2.48. The maximum Gasteiger partial charge on any atom is 0.326 e. The second-order valence-electron chi connectivity index (χ2n) is 8.69. The standard InChI is InChI=1S/C28H23ClFN5O/c29-24-8-6-19(13-25(24)30)4-2-11-34-12-9-26-23(18-34)22-7-5-20(15-31)14-27(22)35(26)28(36)33-17-21-3-1-10-32-16-21/h1-8,10,13-14,16H,9,11-12,17-18H2,(H,33,36)/b4-2+. The van der Waals surface area contributed by atoms with Crippen molar-refractivity contribution in [2.45, 2.75) is 19.5 Å². The lowest BCUT2D eigenvalue weighted by atomic mass is 10.0. The maximum absolute atomic E-state index is 13.7. The van der Waals surface area contributed by atoms with Gasteiger partial charge in [-0.25, -0.2) is 9.18 Å². The van der Waals surface area contributed by atoms with E-state index in [0.29, 0.717) is 31.6 Å². The normalized spacial score (nSPS) is 13.6. The van der Waals surface area contributed by atoms with Crippen LogP contribution in [0.5, 0.6) is 0 Å². The van der Waals surface area contributed by atoms with E-state index < -0.39 is 5.82 Å². The number of fused-ring (bicyclic) bond motifs is 3. The van der Waals surface area contributed by atoms with Crippen LogP contribution in [0.3, 0.4) is 0 Å². The third kappa shape index (κ3) is 4.87. The fourth-order valence-electron chi connectivity index (χ4n) is 4.58. The Kier molecular flexibility index (Phi) is 6.81. The van der Waals surface area contributed by atoms with E-state index in [2.05, 4.69) is 21.3 Å². The minimum Gasteiger partial charge on any atom is -0.333 e. The second kappa shape index (κ2) is 10.3. The molecular weight excluding hydrogens is 477 g/mol. The summed E-state index contributed by atoms with van der Waals surface area (Å²) in [5.74, 6) is -0.437. The molecule has 2 aromatic heterocycles. The first-order valence-corrected chi connectivity index (χ1v) is 12.0. The predicted molar refractivity (Wildman–Crippen MR) is 138 cm³/mol. The van der Waals surface area contributed by atoms with Crippen molar-refractivity contribution in [3.05, 3.63) is 106 Å². The maximum atomic E-state index is 13.7. The molecule has 36 heavy (non-hydrogen) atoms. The van der Waals surface area contributed by atoms with Crippen LogP contribution >= 0.6 is 11.6 Å². The SMILES string of the molecule is N#Cc1ccc2c3c(n(C(=O)NCc4cccnc4)c2c1)CCN(C/C=C/c1ccc(Cl)c(F)c1)C3. The largest absolute Gasteiger partial charge is 0.333 e. The molecule has 0 saturated carbocycles. The Morgan fingerprint density at radius 3 is 2.92 bits per heavy atom. The van der Waals surface area contributed by atoms with Crippen LogP contribution in [0.4, 0.5) is 9.18 Å². The molecule has 0 bridgehead atoms. The first-order valence-electron chi connectivity index (χ1n) is 11.6. The smallest absolute Gasteiger partial charge is 0.326 e. The number of benzene rings is 2. The van der Waals surface area contributed by atoms with Gasteiger partial charge < -0.3 is 5.32 Å². The minimum atomic E-state index is -0.437. The van der Waals surface area contributed by atoms with Gasteiger partial charge in [0.2, 0.25) is 0 Å². The highest BCUT2D eigenvalue weighted by Gasteiger charge is 2.26. The van der Waals surface area contributed by atoms with Crippen LogP contribution in [0.2, 0.25) is 5.02 Å². The molecule has 0 aliphatic carbocycles. The van der Waals surface area contributed by atoms with Gasteiger partial charge in [0.15, 0.2) is 0 Å². The van der Waals surface area contributed by atoms with E-state index in [1.807, 2.05) is 30.4 Å². The van der Waals surface area contributed by atoms with E-state index in [1.165, 1.54) is 6.07 Å². The van der Waals surface area contributed by atoms with Gasteiger partial charge >= 0.3 is 6.03 Å². The molecule has 0 saturated heterocycles. The van der Waals surface area contributed by atoms with Crippen LogP contribution in [0.25, 0.3) is 17.0 Å². The summed E-state index contributed by atoms with van der Waals surface area (Å²) in [4.78, 5) is 19.7. The van der Waals surface area contributed by atoms with Gasteiger partial charge in [-0.3, -0.25) is 14.5 Å². The molecule has 1 aliphatic heterocycles. The second-order valence-corrected chi connectivity index (χ2v) is 9.09. The molecule has 1 N–H and O–H groups in total. The van der Waals surface area contributed by atoms with E-state index in [4.69, 9.17) is 11.6 Å². The van der Waals surface area contributed by atoms with Crippen molar-refractivity contribution >= 4 is 34.6 Å². The molecule has 2 aromatic carbocycles. The summed E-state index contributed by atoms with van der Waals surface area (Å²) in [6.07, 6.45) is 7.99. The number of aromatic nitrogens is 2. The zero-order chi connectivity index (χ0) is 25.1. The monoisotopic (exact) mass is 499 g/mol. The molecule has 0 spiro atoms. The predicted octanol–water partition coefficient (Wildman–Crippen LogP) is 5.53. The Hall–Kier alpha value is -3.99. The van der Waals surface area contributed by atoms with Gasteiger partial charge in [-0.15, -0.1) is 0 Å². The highest BCUT2D eigenvalue weighted by molar-refractivity contribution is 6.30. The zero-order valence-electron chi connectivity index (χ0n) is 19.4. The topological polar surface area (TPSA) is 74.0 Å². The number of nitriles is 1. The third-order valence-electron chi connectivity index (χ3n) is 6.34. The molecule has 0 unspecified atom stereocenters. The van der Waals surface area contributed by atoms with Crippen molar-refractivity contribution in [3.63, 3.8) is 0 Å². The average molecular weight is 500 g/mol. The van der Waals surface area contributed by atoms with Gasteiger partial charge in [-0.1, -0.05) is 42.0 Å². The van der Waals surface area contributed by atoms with Crippen molar-refractivity contribution in [2.75, 3.05) is 13.1 Å². The average Bonchev–Trinajstić information content (AvgIpc) is 3.23. The van der Waals surface area contributed by atoms with E-state index in [0.717, 1.165) is 39.8 Å². The Labute approximate surface area is 213 Å². The van der Waals surface area contributed by atoms with Crippen LogP contribution < -0.4 is 5.32 Å². The van der Waals surface area contributed by atoms with Gasteiger partial charge in [-0.05, 0) is 47.0 Å². The molecule has 6 nitrogen and oxygen atoms in total. The van der Waals surface area contributed by atoms with Crippen molar-refractivity contribution in [2.24, 2.45) is 0 Å². The molecule has 180 valence electrons. The molecule has 1 aliphatic rings. The molecule has 3 heterocycles. The molecule has 0 atom stereocenters. The Bertz CT molecular complexity index is 1510. The number of amides is 1. The van der Waals surface area contributed by atoms with Crippen molar-refractivity contribution in [3.8, 4) is 6.07 Å². The Morgan fingerprint density at radius 1 is 1.25 bits per heavy atom. The quantitative estimate of drug-likeness (QED) is 0.392. The fourth-order valence-corrected chi connectivity index (χ4v) is 4.70. The molecule has 5 rings (SSSR count). The van der Waals surface area contributed by atoms with Gasteiger partial charge in [0, 0.05) is 56.1 Å². The summed E-state index contributed by atoms with van der Waals surface area (Å²) in [5, 5.41) is 13.5. The zero-order valence-corrected chi connectivity index (χ0v) is 20.2. The van der Waals surface area contributed by atoms with Crippen molar-refractivity contribution in [1.29, 1.82) is 5.26 Å². The number of nitrogens with zero attached hydrogens (tertiary/aromatic N) is 4. The Morgan fingerprint density at radius 2 is 2.14 bits per heavy atom. The lowest BCUT2D eigenvalue weighted by molar-refractivity contribution is 0.240. The van der Waals surface area contributed by atoms with Crippen LogP contribution in [-0.2, 0) is 19.5 Å². The number of nitrogens with one attached hydrogen (secondary N) is 1.